The highest BCUT2D eigenvalue weighted by Crippen LogP contribution is 2.43. The minimum absolute atomic E-state index is 0.376. The maximum absolute atomic E-state index is 11.0. The zero-order valence-electron chi connectivity index (χ0n) is 8.08. The fourth-order valence-electron chi connectivity index (χ4n) is 1.48. The van der Waals surface area contributed by atoms with Crippen LogP contribution in [-0.2, 0) is 0 Å². The van der Waals surface area contributed by atoms with Gasteiger partial charge >= 0.3 is 0 Å². The van der Waals surface area contributed by atoms with Crippen molar-refractivity contribution in [2.45, 2.75) is 0 Å². The maximum atomic E-state index is 11.0. The van der Waals surface area contributed by atoms with E-state index in [9.17, 15) is 4.79 Å². The summed E-state index contributed by atoms with van der Waals surface area (Å²) in [7, 11) is 1.50. The van der Waals surface area contributed by atoms with Gasteiger partial charge in [0.15, 0.2) is 17.8 Å². The van der Waals surface area contributed by atoms with Gasteiger partial charge in [-0.1, -0.05) is 0 Å². The highest BCUT2D eigenvalue weighted by Gasteiger charge is 2.22. The van der Waals surface area contributed by atoms with Gasteiger partial charge < -0.3 is 14.2 Å². The van der Waals surface area contributed by atoms with Crippen LogP contribution in [0.1, 0.15) is 10.4 Å². The Labute approximate surface area is 95.3 Å². The van der Waals surface area contributed by atoms with E-state index in [-0.39, 0.29) is 0 Å². The first-order chi connectivity index (χ1) is 7.27. The summed E-state index contributed by atoms with van der Waals surface area (Å²) in [5, 5.41) is 0. The van der Waals surface area contributed by atoms with Crippen molar-refractivity contribution in [2.75, 3.05) is 20.3 Å². The number of carbonyl (C=O) groups is 1. The molecule has 1 aliphatic heterocycles. The van der Waals surface area contributed by atoms with Crippen LogP contribution in [0.3, 0.4) is 0 Å². The minimum atomic E-state index is 0.376. The van der Waals surface area contributed by atoms with Crippen LogP contribution in [0.25, 0.3) is 0 Å². The quantitative estimate of drug-likeness (QED) is 0.773. The molecule has 5 heteroatoms. The number of methoxy groups -OCH3 is 1. The predicted octanol–water partition coefficient (Wildman–Crippen LogP) is 2.04. The first-order valence-corrected chi connectivity index (χ1v) is 5.18. The molecule has 1 aromatic rings. The Morgan fingerprint density at radius 2 is 2.20 bits per heavy atom. The summed E-state index contributed by atoms with van der Waals surface area (Å²) in [4.78, 5) is 11.0. The monoisotopic (exact) mass is 272 g/mol. The Morgan fingerprint density at radius 3 is 2.87 bits per heavy atom. The van der Waals surface area contributed by atoms with E-state index < -0.39 is 0 Å². The average molecular weight is 273 g/mol. The summed E-state index contributed by atoms with van der Waals surface area (Å²) in [5.74, 6) is 1.49. The van der Waals surface area contributed by atoms with Crippen LogP contribution in [0.5, 0.6) is 17.2 Å². The summed E-state index contributed by atoms with van der Waals surface area (Å²) < 4.78 is 16.6. The normalized spacial score (nSPS) is 13.5. The van der Waals surface area contributed by atoms with Gasteiger partial charge in [0, 0.05) is 6.07 Å². The second kappa shape index (κ2) is 4.10. The molecule has 0 radical (unpaired) electrons. The topological polar surface area (TPSA) is 44.8 Å². The van der Waals surface area contributed by atoms with E-state index >= 15 is 0 Å². The molecule has 1 aliphatic rings. The average Bonchev–Trinajstić information content (AvgIpc) is 2.27. The number of benzene rings is 1. The van der Waals surface area contributed by atoms with Crippen LogP contribution < -0.4 is 14.2 Å². The molecular formula is C10H9BrO4. The summed E-state index contributed by atoms with van der Waals surface area (Å²) in [6.07, 6.45) is 0.705. The van der Waals surface area contributed by atoms with Crippen LogP contribution in [0.4, 0.5) is 0 Å². The molecule has 2 rings (SSSR count). The second-order valence-electron chi connectivity index (χ2n) is 2.95. The van der Waals surface area contributed by atoms with Crippen LogP contribution in [-0.4, -0.2) is 26.6 Å². The summed E-state index contributed by atoms with van der Waals surface area (Å²) >= 11 is 3.31. The largest absolute Gasteiger partial charge is 0.495 e. The van der Waals surface area contributed by atoms with Crippen molar-refractivity contribution in [1.82, 2.24) is 0 Å². The van der Waals surface area contributed by atoms with Gasteiger partial charge in [-0.15, -0.1) is 0 Å². The number of aldehydes is 1. The summed E-state index contributed by atoms with van der Waals surface area (Å²) in [6, 6.07) is 1.74. The molecule has 4 nitrogen and oxygen atoms in total. The van der Waals surface area contributed by atoms with Gasteiger partial charge in [0.25, 0.3) is 0 Å². The fraction of sp³-hybridized carbons (Fsp3) is 0.300. The van der Waals surface area contributed by atoms with Gasteiger partial charge in [0.2, 0.25) is 0 Å². The predicted molar refractivity (Wildman–Crippen MR) is 57.1 cm³/mol. The lowest BCUT2D eigenvalue weighted by Crippen LogP contribution is -2.17. The Bertz CT molecular complexity index is 403. The number of hydrogen-bond donors (Lipinski definition) is 0. The molecule has 15 heavy (non-hydrogen) atoms. The number of ether oxygens (including phenoxy) is 3. The Hall–Kier alpha value is -1.23. The highest BCUT2D eigenvalue weighted by molar-refractivity contribution is 9.10. The van der Waals surface area contributed by atoms with Gasteiger partial charge in [-0.3, -0.25) is 4.79 Å². The zero-order chi connectivity index (χ0) is 10.8. The molecule has 1 aromatic carbocycles. The molecule has 1 heterocycles. The van der Waals surface area contributed by atoms with Gasteiger partial charge in [0.05, 0.1) is 11.6 Å². The summed E-state index contributed by atoms with van der Waals surface area (Å²) in [6.45, 7) is 0.933. The van der Waals surface area contributed by atoms with Crippen LogP contribution >= 0.6 is 15.9 Å². The molecule has 0 N–H and O–H groups in total. The molecule has 0 aromatic heterocycles. The van der Waals surface area contributed by atoms with E-state index in [1.807, 2.05) is 0 Å². The van der Waals surface area contributed by atoms with E-state index in [0.29, 0.717) is 46.8 Å². The van der Waals surface area contributed by atoms with Crippen molar-refractivity contribution >= 4 is 22.2 Å². The van der Waals surface area contributed by atoms with Crippen LogP contribution in [0.2, 0.25) is 0 Å². The first-order valence-electron chi connectivity index (χ1n) is 4.39. The number of fused-ring (bicyclic) bond motifs is 1. The van der Waals surface area contributed by atoms with Crippen molar-refractivity contribution < 1.29 is 19.0 Å². The Balaban J connectivity index is 2.64. The molecule has 80 valence electrons. The summed E-state index contributed by atoms with van der Waals surface area (Å²) in [5.41, 5.74) is 0.376. The van der Waals surface area contributed by atoms with E-state index in [1.54, 1.807) is 6.07 Å². The smallest absolute Gasteiger partial charge is 0.175 e. The fourth-order valence-corrected chi connectivity index (χ4v) is 2.06. The third-order valence-electron chi connectivity index (χ3n) is 2.10. The van der Waals surface area contributed by atoms with Gasteiger partial charge in [0.1, 0.15) is 24.5 Å². The molecule has 0 bridgehead atoms. The van der Waals surface area contributed by atoms with Gasteiger partial charge in [-0.2, -0.15) is 0 Å². The minimum Gasteiger partial charge on any atom is -0.495 e. The number of halogens is 1. The van der Waals surface area contributed by atoms with E-state index in [2.05, 4.69) is 15.9 Å². The van der Waals surface area contributed by atoms with Gasteiger partial charge in [-0.25, -0.2) is 0 Å². The first kappa shape index (κ1) is 10.3. The Morgan fingerprint density at radius 1 is 1.47 bits per heavy atom. The molecule has 0 unspecified atom stereocenters. The number of carbonyl (C=O) groups excluding carboxylic acids is 1. The van der Waals surface area contributed by atoms with Crippen molar-refractivity contribution in [3.05, 3.63) is 16.1 Å². The van der Waals surface area contributed by atoms with E-state index in [0.717, 1.165) is 0 Å². The molecular weight excluding hydrogens is 264 g/mol. The van der Waals surface area contributed by atoms with Crippen LogP contribution in [0, 0.1) is 0 Å². The maximum Gasteiger partial charge on any atom is 0.175 e. The van der Waals surface area contributed by atoms with Crippen molar-refractivity contribution in [3.8, 4) is 17.2 Å². The lowest BCUT2D eigenvalue weighted by molar-refractivity contribution is 0.110. The molecule has 0 amide bonds. The van der Waals surface area contributed by atoms with E-state index in [4.69, 9.17) is 14.2 Å². The number of hydrogen-bond acceptors (Lipinski definition) is 4. The lowest BCUT2D eigenvalue weighted by Gasteiger charge is -2.21. The number of rotatable bonds is 2. The third-order valence-corrected chi connectivity index (χ3v) is 2.69. The molecule has 0 saturated heterocycles. The molecule has 0 fully saturated rings. The third kappa shape index (κ3) is 1.67. The highest BCUT2D eigenvalue weighted by atomic mass is 79.9. The molecule has 0 aliphatic carbocycles. The van der Waals surface area contributed by atoms with Crippen molar-refractivity contribution in [1.29, 1.82) is 0 Å². The zero-order valence-corrected chi connectivity index (χ0v) is 9.67. The molecule has 0 atom stereocenters. The van der Waals surface area contributed by atoms with Crippen LogP contribution in [0.15, 0.2) is 10.5 Å². The SMILES string of the molecule is COc1c(Br)cc2c(c1C=O)OCCO2. The van der Waals surface area contributed by atoms with Gasteiger partial charge in [-0.05, 0) is 15.9 Å². The van der Waals surface area contributed by atoms with Crippen molar-refractivity contribution in [3.63, 3.8) is 0 Å². The second-order valence-corrected chi connectivity index (χ2v) is 3.80. The molecule has 0 spiro atoms. The van der Waals surface area contributed by atoms with Crippen molar-refractivity contribution in [2.24, 2.45) is 0 Å². The molecule has 0 saturated carbocycles. The lowest BCUT2D eigenvalue weighted by atomic mass is 10.1. The standard InChI is InChI=1S/C10H9BrO4/c1-13-9-6(5-12)10-8(4-7(9)11)14-2-3-15-10/h4-5H,2-3H2,1H3. The van der Waals surface area contributed by atoms with E-state index in [1.165, 1.54) is 7.11 Å². The Kier molecular flexibility index (Phi) is 2.81.